The summed E-state index contributed by atoms with van der Waals surface area (Å²) in [6.45, 7) is 2.93. The Bertz CT molecular complexity index is 1020. The highest BCUT2D eigenvalue weighted by Gasteiger charge is 2.48. The highest BCUT2D eigenvalue weighted by atomic mass is 16.2. The fourth-order valence-corrected chi connectivity index (χ4v) is 6.59. The molecule has 5 nitrogen and oxygen atoms in total. The van der Waals surface area contributed by atoms with E-state index in [0.29, 0.717) is 12.3 Å². The van der Waals surface area contributed by atoms with Gasteiger partial charge in [0.15, 0.2) is 0 Å². The minimum absolute atomic E-state index is 0.0358. The number of fused-ring (bicyclic) bond motifs is 3. The zero-order valence-corrected chi connectivity index (χ0v) is 20.9. The average Bonchev–Trinajstić information content (AvgIpc) is 3.34. The summed E-state index contributed by atoms with van der Waals surface area (Å²) in [5, 5.41) is 7.05. The number of nitrogens with zero attached hydrogens (tertiary/aromatic N) is 1. The largest absolute Gasteiger partial charge is 0.378 e. The Hall–Kier alpha value is -2.82. The summed E-state index contributed by atoms with van der Waals surface area (Å²) in [5.41, 5.74) is 3.64. The van der Waals surface area contributed by atoms with Crippen LogP contribution in [0.2, 0.25) is 0 Å². The first-order valence-corrected chi connectivity index (χ1v) is 13.7. The third-order valence-corrected chi connectivity index (χ3v) is 8.34. The van der Waals surface area contributed by atoms with Crippen LogP contribution in [0.25, 0.3) is 0 Å². The molecule has 0 unspecified atom stereocenters. The minimum Gasteiger partial charge on any atom is -0.378 e. The number of likely N-dealkylation sites (tertiary alicyclic amines) is 1. The maximum absolute atomic E-state index is 14.1. The number of para-hydroxylation sites is 1. The van der Waals surface area contributed by atoms with E-state index in [9.17, 15) is 9.59 Å². The molecule has 2 aliphatic heterocycles. The fraction of sp³-hybridized carbons (Fsp3) is 0.533. The molecule has 0 radical (unpaired) electrons. The molecule has 2 aromatic rings. The van der Waals surface area contributed by atoms with Crippen LogP contribution in [0.15, 0.2) is 54.6 Å². The summed E-state index contributed by atoms with van der Waals surface area (Å²) in [7, 11) is 0. The minimum atomic E-state index is -0.116. The van der Waals surface area contributed by atoms with Crippen LogP contribution in [0.3, 0.4) is 0 Å². The monoisotopic (exact) mass is 473 g/mol. The summed E-state index contributed by atoms with van der Waals surface area (Å²) in [6.07, 6.45) is 8.58. The van der Waals surface area contributed by atoms with E-state index in [1.807, 2.05) is 0 Å². The Morgan fingerprint density at radius 2 is 1.74 bits per heavy atom. The summed E-state index contributed by atoms with van der Waals surface area (Å²) in [5.74, 6) is 0.565. The normalized spacial score (nSPS) is 27.5. The van der Waals surface area contributed by atoms with Gasteiger partial charge in [-0.05, 0) is 42.9 Å². The lowest BCUT2D eigenvalue weighted by molar-refractivity contribution is -0.139. The van der Waals surface area contributed by atoms with E-state index in [1.54, 1.807) is 0 Å². The third kappa shape index (κ3) is 4.96. The van der Waals surface area contributed by atoms with Gasteiger partial charge in [0.2, 0.25) is 11.8 Å². The number of hydrogen-bond acceptors (Lipinski definition) is 3. The van der Waals surface area contributed by atoms with Gasteiger partial charge in [-0.15, -0.1) is 0 Å². The summed E-state index contributed by atoms with van der Waals surface area (Å²) >= 11 is 0. The van der Waals surface area contributed by atoms with E-state index in [0.717, 1.165) is 63.6 Å². The summed E-state index contributed by atoms with van der Waals surface area (Å²) in [6, 6.07) is 19.3. The van der Waals surface area contributed by atoms with Crippen LogP contribution >= 0.6 is 0 Å². The molecule has 2 N–H and O–H groups in total. The zero-order chi connectivity index (χ0) is 24.2. The topological polar surface area (TPSA) is 61.4 Å². The second-order valence-electron chi connectivity index (χ2n) is 10.6. The standard InChI is InChI=1S/C30H39N3O2/c1-2-3-5-18-27(34)31-26-17-11-9-15-23(26)30(35)33-20-19-24-28(21-12-6-4-7-13-21)32-25-16-10-8-14-22(25)29(24)33/h4,6-8,10,12-14,16,23-24,26,28-29,32H,2-3,5,9,11,15,17-20H2,1H3,(H,31,34)/t23-,24-,26+,28-,29-/m0/s1. The van der Waals surface area contributed by atoms with Crippen molar-refractivity contribution in [3.63, 3.8) is 0 Å². The summed E-state index contributed by atoms with van der Waals surface area (Å²) in [4.78, 5) is 28.9. The lowest BCUT2D eigenvalue weighted by atomic mass is 9.79. The van der Waals surface area contributed by atoms with Crippen molar-refractivity contribution in [3.05, 3.63) is 65.7 Å². The summed E-state index contributed by atoms with van der Waals surface area (Å²) < 4.78 is 0. The van der Waals surface area contributed by atoms with Gasteiger partial charge >= 0.3 is 0 Å². The molecule has 0 spiro atoms. The van der Waals surface area contributed by atoms with Gasteiger partial charge in [-0.3, -0.25) is 9.59 Å². The van der Waals surface area contributed by atoms with Crippen molar-refractivity contribution < 1.29 is 9.59 Å². The quantitative estimate of drug-likeness (QED) is 0.485. The molecule has 2 fully saturated rings. The van der Waals surface area contributed by atoms with Gasteiger partial charge < -0.3 is 15.5 Å². The highest BCUT2D eigenvalue weighted by molar-refractivity contribution is 5.83. The number of nitrogens with one attached hydrogen (secondary N) is 2. The number of carbonyl (C=O) groups excluding carboxylic acids is 2. The zero-order valence-electron chi connectivity index (χ0n) is 20.9. The molecular weight excluding hydrogens is 434 g/mol. The van der Waals surface area contributed by atoms with Gasteiger partial charge in [-0.1, -0.05) is 81.1 Å². The van der Waals surface area contributed by atoms with Crippen LogP contribution in [0.5, 0.6) is 0 Å². The van der Waals surface area contributed by atoms with Gasteiger partial charge in [0, 0.05) is 30.6 Å². The second-order valence-corrected chi connectivity index (χ2v) is 10.6. The molecule has 5 rings (SSSR count). The molecule has 35 heavy (non-hydrogen) atoms. The third-order valence-electron chi connectivity index (χ3n) is 8.34. The lowest BCUT2D eigenvalue weighted by Gasteiger charge is -2.42. The Morgan fingerprint density at radius 1 is 0.971 bits per heavy atom. The van der Waals surface area contributed by atoms with Crippen LogP contribution in [0.1, 0.15) is 87.9 Å². The first-order valence-electron chi connectivity index (χ1n) is 13.7. The van der Waals surface area contributed by atoms with Crippen molar-refractivity contribution >= 4 is 17.5 Å². The molecule has 5 atom stereocenters. The maximum Gasteiger partial charge on any atom is 0.228 e. The van der Waals surface area contributed by atoms with Gasteiger partial charge in [-0.25, -0.2) is 0 Å². The van der Waals surface area contributed by atoms with Gasteiger partial charge in [0.25, 0.3) is 0 Å². The lowest BCUT2D eigenvalue weighted by Crippen LogP contribution is -2.50. The van der Waals surface area contributed by atoms with E-state index < -0.39 is 0 Å². The molecule has 186 valence electrons. The van der Waals surface area contributed by atoms with E-state index in [-0.39, 0.29) is 35.9 Å². The Labute approximate surface area is 209 Å². The molecule has 5 heteroatoms. The van der Waals surface area contributed by atoms with Gasteiger partial charge in [0.05, 0.1) is 18.0 Å². The fourth-order valence-electron chi connectivity index (χ4n) is 6.59. The molecular formula is C30H39N3O2. The van der Waals surface area contributed by atoms with Crippen molar-refractivity contribution in [1.82, 2.24) is 10.2 Å². The Morgan fingerprint density at radius 3 is 2.57 bits per heavy atom. The van der Waals surface area contributed by atoms with Crippen LogP contribution in [-0.4, -0.2) is 29.3 Å². The SMILES string of the molecule is CCCCCC(=O)N[C@@H]1CCCC[C@@H]1C(=O)N1CC[C@H]2[C@H](c3ccccc3)Nc3ccccc3[C@@H]21. The number of anilines is 1. The van der Waals surface area contributed by atoms with Crippen molar-refractivity contribution in [2.24, 2.45) is 11.8 Å². The van der Waals surface area contributed by atoms with Gasteiger partial charge in [-0.2, -0.15) is 0 Å². The number of rotatable bonds is 7. The number of benzene rings is 2. The number of unbranched alkanes of at least 4 members (excludes halogenated alkanes) is 2. The van der Waals surface area contributed by atoms with E-state index >= 15 is 0 Å². The molecule has 2 amide bonds. The van der Waals surface area contributed by atoms with Crippen LogP contribution < -0.4 is 10.6 Å². The molecule has 2 aromatic carbocycles. The molecule has 3 aliphatic rings. The van der Waals surface area contributed by atoms with E-state index in [2.05, 4.69) is 77.1 Å². The first kappa shape index (κ1) is 23.9. The van der Waals surface area contributed by atoms with Crippen molar-refractivity contribution in [2.45, 2.75) is 82.8 Å². The van der Waals surface area contributed by atoms with Crippen molar-refractivity contribution in [3.8, 4) is 0 Å². The van der Waals surface area contributed by atoms with E-state index in [1.165, 1.54) is 11.1 Å². The second kappa shape index (κ2) is 10.8. The van der Waals surface area contributed by atoms with Gasteiger partial charge in [0.1, 0.15) is 0 Å². The molecule has 1 saturated heterocycles. The van der Waals surface area contributed by atoms with Crippen LogP contribution in [0, 0.1) is 11.8 Å². The average molecular weight is 474 g/mol. The molecule has 1 saturated carbocycles. The molecule has 2 heterocycles. The van der Waals surface area contributed by atoms with Crippen molar-refractivity contribution in [1.29, 1.82) is 0 Å². The predicted octanol–water partition coefficient (Wildman–Crippen LogP) is 6.00. The Balaban J connectivity index is 1.38. The first-order chi connectivity index (χ1) is 17.2. The number of amides is 2. The molecule has 0 aromatic heterocycles. The number of carbonyl (C=O) groups is 2. The smallest absolute Gasteiger partial charge is 0.228 e. The van der Waals surface area contributed by atoms with Crippen LogP contribution in [0.4, 0.5) is 5.69 Å². The maximum atomic E-state index is 14.1. The predicted molar refractivity (Wildman–Crippen MR) is 140 cm³/mol. The van der Waals surface area contributed by atoms with Crippen LogP contribution in [-0.2, 0) is 9.59 Å². The Kier molecular flexibility index (Phi) is 7.40. The molecule has 1 aliphatic carbocycles. The van der Waals surface area contributed by atoms with Crippen molar-refractivity contribution in [2.75, 3.05) is 11.9 Å². The molecule has 0 bridgehead atoms. The number of hydrogen-bond donors (Lipinski definition) is 2. The highest BCUT2D eigenvalue weighted by Crippen LogP contribution is 2.51. The van der Waals surface area contributed by atoms with E-state index in [4.69, 9.17) is 0 Å².